The number of hydrogen-bond acceptors (Lipinski definition) is 4. The Kier molecular flexibility index (Phi) is 4.42. The quantitative estimate of drug-likeness (QED) is 0.660. The fraction of sp³-hybridized carbons (Fsp3) is 0.846. The summed E-state index contributed by atoms with van der Waals surface area (Å²) >= 11 is 0. The molecule has 6 heteroatoms. The molecule has 19 heavy (non-hydrogen) atoms. The molecule has 1 aliphatic carbocycles. The second kappa shape index (κ2) is 5.88. The first-order valence-corrected chi connectivity index (χ1v) is 6.85. The zero-order valence-corrected chi connectivity index (χ0v) is 11.3. The monoisotopic (exact) mass is 270 g/mol. The summed E-state index contributed by atoms with van der Waals surface area (Å²) in [4.78, 5) is 23.3. The van der Waals surface area contributed by atoms with Gasteiger partial charge in [-0.2, -0.15) is 0 Å². The third-order valence-electron chi connectivity index (χ3n) is 4.23. The Bertz CT molecular complexity index is 353. The second-order valence-electron chi connectivity index (χ2n) is 5.59. The number of amides is 1. The highest BCUT2D eigenvalue weighted by Gasteiger charge is 2.41. The van der Waals surface area contributed by atoms with Gasteiger partial charge in [-0.05, 0) is 19.9 Å². The molecule has 3 N–H and O–H groups in total. The standard InChI is InChI=1S/C13H22N2O4/c1-14-10-8-19-7-9(10)12(18)15-13(6-11(16)17)4-2-3-5-13/h9-10,14H,2-8H2,1H3,(H,15,18)(H,16,17). The normalized spacial score (nSPS) is 29.3. The maximum absolute atomic E-state index is 12.3. The number of likely N-dealkylation sites (N-methyl/N-ethyl adjacent to an activating group) is 1. The fourth-order valence-corrected chi connectivity index (χ4v) is 3.14. The Balaban J connectivity index is 2.01. The number of hydrogen-bond donors (Lipinski definition) is 3. The summed E-state index contributed by atoms with van der Waals surface area (Å²) in [7, 11) is 1.81. The molecule has 1 heterocycles. The van der Waals surface area contributed by atoms with Crippen LogP contribution in [0, 0.1) is 5.92 Å². The Morgan fingerprint density at radius 2 is 2.00 bits per heavy atom. The van der Waals surface area contributed by atoms with Gasteiger partial charge >= 0.3 is 5.97 Å². The van der Waals surface area contributed by atoms with Crippen molar-refractivity contribution in [2.45, 2.75) is 43.7 Å². The van der Waals surface area contributed by atoms with E-state index in [4.69, 9.17) is 9.84 Å². The van der Waals surface area contributed by atoms with E-state index < -0.39 is 11.5 Å². The number of rotatable bonds is 5. The number of carbonyl (C=O) groups is 2. The van der Waals surface area contributed by atoms with Crippen molar-refractivity contribution in [3.05, 3.63) is 0 Å². The number of carbonyl (C=O) groups excluding carboxylic acids is 1. The fourth-order valence-electron chi connectivity index (χ4n) is 3.14. The van der Waals surface area contributed by atoms with Crippen LogP contribution in [0.5, 0.6) is 0 Å². The summed E-state index contributed by atoms with van der Waals surface area (Å²) in [5.74, 6) is -1.16. The number of carboxylic acids is 1. The van der Waals surface area contributed by atoms with E-state index in [9.17, 15) is 9.59 Å². The summed E-state index contributed by atoms with van der Waals surface area (Å²) in [6.07, 6.45) is 3.47. The van der Waals surface area contributed by atoms with Crippen LogP contribution in [-0.4, -0.2) is 48.8 Å². The number of carboxylic acid groups (broad SMARTS) is 1. The molecule has 2 rings (SSSR count). The van der Waals surface area contributed by atoms with Crippen LogP contribution in [0.3, 0.4) is 0 Å². The van der Waals surface area contributed by atoms with E-state index in [1.54, 1.807) is 0 Å². The van der Waals surface area contributed by atoms with E-state index >= 15 is 0 Å². The first kappa shape index (κ1) is 14.3. The van der Waals surface area contributed by atoms with Crippen LogP contribution in [0.25, 0.3) is 0 Å². The van der Waals surface area contributed by atoms with E-state index in [2.05, 4.69) is 10.6 Å². The Hall–Kier alpha value is -1.14. The molecule has 6 nitrogen and oxygen atoms in total. The van der Waals surface area contributed by atoms with Crippen molar-refractivity contribution >= 4 is 11.9 Å². The largest absolute Gasteiger partial charge is 0.481 e. The molecule has 2 aliphatic rings. The molecule has 0 spiro atoms. The van der Waals surface area contributed by atoms with E-state index in [-0.39, 0.29) is 24.3 Å². The highest BCUT2D eigenvalue weighted by molar-refractivity contribution is 5.81. The number of ether oxygens (including phenoxy) is 1. The van der Waals surface area contributed by atoms with Gasteiger partial charge in [-0.3, -0.25) is 9.59 Å². The molecule has 0 aromatic heterocycles. The third kappa shape index (κ3) is 3.25. The van der Waals surface area contributed by atoms with Crippen molar-refractivity contribution in [1.82, 2.24) is 10.6 Å². The van der Waals surface area contributed by atoms with Crippen LogP contribution in [0.2, 0.25) is 0 Å². The van der Waals surface area contributed by atoms with E-state index in [0.29, 0.717) is 13.2 Å². The lowest BCUT2D eigenvalue weighted by atomic mass is 9.91. The molecular weight excluding hydrogens is 248 g/mol. The van der Waals surface area contributed by atoms with Crippen molar-refractivity contribution in [3.8, 4) is 0 Å². The topological polar surface area (TPSA) is 87.7 Å². The zero-order valence-electron chi connectivity index (χ0n) is 11.3. The van der Waals surface area contributed by atoms with Crippen molar-refractivity contribution in [2.75, 3.05) is 20.3 Å². The number of nitrogens with one attached hydrogen (secondary N) is 2. The van der Waals surface area contributed by atoms with Crippen LogP contribution in [-0.2, 0) is 14.3 Å². The van der Waals surface area contributed by atoms with Gasteiger partial charge in [-0.1, -0.05) is 12.8 Å². The summed E-state index contributed by atoms with van der Waals surface area (Å²) in [6.45, 7) is 0.932. The first-order valence-electron chi connectivity index (χ1n) is 6.85. The second-order valence-corrected chi connectivity index (χ2v) is 5.59. The summed E-state index contributed by atoms with van der Waals surface area (Å²) < 4.78 is 5.32. The number of aliphatic carboxylic acids is 1. The van der Waals surface area contributed by atoms with Gasteiger partial charge in [0.05, 0.1) is 31.1 Å². The molecule has 1 saturated heterocycles. The SMILES string of the molecule is CNC1COCC1C(=O)NC1(CC(=O)O)CCCC1. The molecule has 1 saturated carbocycles. The molecule has 0 aromatic rings. The minimum atomic E-state index is -0.852. The van der Waals surface area contributed by atoms with Crippen molar-refractivity contribution in [1.29, 1.82) is 0 Å². The van der Waals surface area contributed by atoms with Crippen LogP contribution in [0.1, 0.15) is 32.1 Å². The molecule has 2 fully saturated rings. The predicted molar refractivity (Wildman–Crippen MR) is 68.8 cm³/mol. The molecule has 2 unspecified atom stereocenters. The van der Waals surface area contributed by atoms with Crippen molar-refractivity contribution in [3.63, 3.8) is 0 Å². The molecule has 1 amide bonds. The van der Waals surface area contributed by atoms with Crippen molar-refractivity contribution < 1.29 is 19.4 Å². The lowest BCUT2D eigenvalue weighted by molar-refractivity contribution is -0.139. The van der Waals surface area contributed by atoms with Crippen LogP contribution in [0.4, 0.5) is 0 Å². The summed E-state index contributed by atoms with van der Waals surface area (Å²) in [5.41, 5.74) is -0.552. The molecule has 108 valence electrons. The van der Waals surface area contributed by atoms with Crippen LogP contribution >= 0.6 is 0 Å². The lowest BCUT2D eigenvalue weighted by Crippen LogP contribution is -2.52. The Morgan fingerprint density at radius 3 is 2.58 bits per heavy atom. The maximum Gasteiger partial charge on any atom is 0.305 e. The van der Waals surface area contributed by atoms with Gasteiger partial charge < -0.3 is 20.5 Å². The zero-order chi connectivity index (χ0) is 13.9. The molecule has 1 aliphatic heterocycles. The van der Waals surface area contributed by atoms with Gasteiger partial charge in [0.2, 0.25) is 5.91 Å². The third-order valence-corrected chi connectivity index (χ3v) is 4.23. The minimum absolute atomic E-state index is 0.0105. The van der Waals surface area contributed by atoms with Gasteiger partial charge in [-0.15, -0.1) is 0 Å². The molecular formula is C13H22N2O4. The lowest BCUT2D eigenvalue weighted by Gasteiger charge is -2.30. The van der Waals surface area contributed by atoms with E-state index in [1.807, 2.05) is 7.05 Å². The first-order chi connectivity index (χ1) is 9.06. The Morgan fingerprint density at radius 1 is 1.32 bits per heavy atom. The average Bonchev–Trinajstić information content (AvgIpc) is 2.96. The van der Waals surface area contributed by atoms with Gasteiger partial charge in [0.15, 0.2) is 0 Å². The van der Waals surface area contributed by atoms with Gasteiger partial charge in [0.1, 0.15) is 0 Å². The van der Waals surface area contributed by atoms with Gasteiger partial charge in [0, 0.05) is 6.04 Å². The highest BCUT2D eigenvalue weighted by atomic mass is 16.5. The average molecular weight is 270 g/mol. The summed E-state index contributed by atoms with van der Waals surface area (Å²) in [6, 6.07) is 0.0169. The van der Waals surface area contributed by atoms with Crippen LogP contribution < -0.4 is 10.6 Å². The summed E-state index contributed by atoms with van der Waals surface area (Å²) in [5, 5.41) is 15.1. The predicted octanol–water partition coefficient (Wildman–Crippen LogP) is 0.124. The van der Waals surface area contributed by atoms with E-state index in [0.717, 1.165) is 25.7 Å². The highest BCUT2D eigenvalue weighted by Crippen LogP contribution is 2.33. The minimum Gasteiger partial charge on any atom is -0.481 e. The van der Waals surface area contributed by atoms with Gasteiger partial charge in [0.25, 0.3) is 0 Å². The van der Waals surface area contributed by atoms with E-state index in [1.165, 1.54) is 0 Å². The molecule has 0 bridgehead atoms. The smallest absolute Gasteiger partial charge is 0.305 e. The molecule has 0 radical (unpaired) electrons. The van der Waals surface area contributed by atoms with Crippen molar-refractivity contribution in [2.24, 2.45) is 5.92 Å². The Labute approximate surface area is 112 Å². The van der Waals surface area contributed by atoms with Gasteiger partial charge in [-0.25, -0.2) is 0 Å². The molecule has 0 aromatic carbocycles. The van der Waals surface area contributed by atoms with Crippen LogP contribution in [0.15, 0.2) is 0 Å². The molecule has 2 atom stereocenters. The maximum atomic E-state index is 12.3.